The van der Waals surface area contributed by atoms with Gasteiger partial charge in [-0.3, -0.25) is 19.8 Å². The number of nitrogens with one attached hydrogen (secondary N) is 2. The highest BCUT2D eigenvalue weighted by molar-refractivity contribution is 6.32. The molecule has 182 valence electrons. The summed E-state index contributed by atoms with van der Waals surface area (Å²) in [7, 11) is 0. The van der Waals surface area contributed by atoms with Gasteiger partial charge >= 0.3 is 0 Å². The summed E-state index contributed by atoms with van der Waals surface area (Å²) in [6, 6.07) is 22.1. The molecule has 0 saturated heterocycles. The van der Waals surface area contributed by atoms with Gasteiger partial charge in [-0.05, 0) is 50.6 Å². The van der Waals surface area contributed by atoms with E-state index in [4.69, 9.17) is 23.2 Å². The van der Waals surface area contributed by atoms with Crippen LogP contribution in [0.5, 0.6) is 0 Å². The van der Waals surface area contributed by atoms with E-state index in [9.17, 15) is 9.59 Å². The highest BCUT2D eigenvalue weighted by Gasteiger charge is 2.31. The van der Waals surface area contributed by atoms with Gasteiger partial charge in [0.05, 0.1) is 32.5 Å². The number of aromatic nitrogens is 4. The Bertz CT molecular complexity index is 1590. The van der Waals surface area contributed by atoms with E-state index in [2.05, 4.69) is 10.2 Å². The first-order chi connectivity index (χ1) is 17.3. The van der Waals surface area contributed by atoms with Crippen LogP contribution in [0.1, 0.15) is 39.6 Å². The molecule has 0 aliphatic heterocycles. The van der Waals surface area contributed by atoms with Crippen LogP contribution in [0.4, 0.5) is 0 Å². The molecular weight excluding hydrogens is 495 g/mol. The Morgan fingerprint density at radius 3 is 1.47 bits per heavy atom. The van der Waals surface area contributed by atoms with Crippen LogP contribution in [-0.4, -0.2) is 19.6 Å². The monoisotopic (exact) mass is 518 g/mol. The van der Waals surface area contributed by atoms with Gasteiger partial charge in [0.15, 0.2) is 0 Å². The number of hydrogen-bond acceptors (Lipinski definition) is 2. The molecule has 0 fully saturated rings. The van der Waals surface area contributed by atoms with Crippen LogP contribution in [0, 0.1) is 20.8 Å². The van der Waals surface area contributed by atoms with Gasteiger partial charge in [0.25, 0.3) is 11.1 Å². The first-order valence-corrected chi connectivity index (χ1v) is 12.2. The molecule has 0 atom stereocenters. The van der Waals surface area contributed by atoms with Crippen molar-refractivity contribution in [2.45, 2.75) is 26.7 Å². The topological polar surface area (TPSA) is 75.6 Å². The number of hydrogen-bond donors (Lipinski definition) is 2. The fourth-order valence-electron chi connectivity index (χ4n) is 4.64. The molecule has 8 heteroatoms. The summed E-state index contributed by atoms with van der Waals surface area (Å²) in [5.41, 5.74) is 4.71. The molecule has 0 aliphatic rings. The normalized spacial score (nSPS) is 11.4. The molecule has 2 aromatic heterocycles. The first-order valence-electron chi connectivity index (χ1n) is 11.5. The van der Waals surface area contributed by atoms with Gasteiger partial charge in [-0.25, -0.2) is 9.36 Å². The number of para-hydroxylation sites is 2. The maximum atomic E-state index is 13.9. The van der Waals surface area contributed by atoms with Gasteiger partial charge in [-0.15, -0.1) is 0 Å². The Balaban J connectivity index is 1.79. The third-order valence-corrected chi connectivity index (χ3v) is 7.05. The molecule has 2 N–H and O–H groups in total. The van der Waals surface area contributed by atoms with E-state index in [1.165, 1.54) is 9.36 Å². The van der Waals surface area contributed by atoms with Crippen LogP contribution in [0.15, 0.2) is 82.4 Å². The summed E-state index contributed by atoms with van der Waals surface area (Å²) in [5, 5.41) is 7.22. The van der Waals surface area contributed by atoms with E-state index in [0.29, 0.717) is 43.9 Å². The predicted octanol–water partition coefficient (Wildman–Crippen LogP) is 6.06. The van der Waals surface area contributed by atoms with Gasteiger partial charge in [0.2, 0.25) is 0 Å². The molecule has 36 heavy (non-hydrogen) atoms. The molecule has 0 aliphatic carbocycles. The molecule has 0 unspecified atom stereocenters. The van der Waals surface area contributed by atoms with Crippen molar-refractivity contribution in [3.8, 4) is 11.4 Å². The van der Waals surface area contributed by atoms with Crippen LogP contribution in [-0.2, 0) is 0 Å². The third-order valence-electron chi connectivity index (χ3n) is 6.41. The average molecular weight is 519 g/mol. The number of halogens is 2. The molecule has 0 amide bonds. The van der Waals surface area contributed by atoms with Crippen molar-refractivity contribution in [3.05, 3.63) is 137 Å². The fourth-order valence-corrected chi connectivity index (χ4v) is 5.08. The number of aryl methyl sites for hydroxylation is 3. The van der Waals surface area contributed by atoms with Crippen LogP contribution in [0.3, 0.4) is 0 Å². The molecule has 5 rings (SSSR count). The molecule has 5 aromatic rings. The van der Waals surface area contributed by atoms with Crippen molar-refractivity contribution in [2.75, 3.05) is 0 Å². The Hall–Kier alpha value is -3.74. The van der Waals surface area contributed by atoms with Crippen molar-refractivity contribution in [3.63, 3.8) is 0 Å². The summed E-state index contributed by atoms with van der Waals surface area (Å²) in [4.78, 5) is 27.8. The van der Waals surface area contributed by atoms with Gasteiger partial charge in [-0.2, -0.15) is 0 Å². The number of H-pyrrole nitrogens is 2. The summed E-state index contributed by atoms with van der Waals surface area (Å²) < 4.78 is 2.87. The third kappa shape index (κ3) is 4.02. The average Bonchev–Trinajstić information content (AvgIpc) is 3.31. The lowest BCUT2D eigenvalue weighted by Crippen LogP contribution is -2.25. The number of nitrogens with zero attached hydrogens (tertiary/aromatic N) is 2. The Morgan fingerprint density at radius 1 is 0.639 bits per heavy atom. The van der Waals surface area contributed by atoms with Gasteiger partial charge < -0.3 is 0 Å². The molecule has 0 radical (unpaired) electrons. The maximum Gasteiger partial charge on any atom is 0.275 e. The van der Waals surface area contributed by atoms with E-state index >= 15 is 0 Å². The summed E-state index contributed by atoms with van der Waals surface area (Å²) in [6.45, 7) is 5.66. The Kier molecular flexibility index (Phi) is 6.24. The molecule has 6 nitrogen and oxygen atoms in total. The van der Waals surface area contributed by atoms with Crippen LogP contribution < -0.4 is 11.1 Å². The minimum absolute atomic E-state index is 0.268. The second-order valence-electron chi connectivity index (χ2n) is 8.83. The summed E-state index contributed by atoms with van der Waals surface area (Å²) in [5.74, 6) is -0.620. The summed E-state index contributed by atoms with van der Waals surface area (Å²) in [6.07, 6.45) is 0. The smallest absolute Gasteiger partial charge is 0.275 e. The second kappa shape index (κ2) is 9.37. The van der Waals surface area contributed by atoms with Gasteiger partial charge in [0.1, 0.15) is 0 Å². The van der Waals surface area contributed by atoms with E-state index in [1.807, 2.05) is 69.3 Å². The van der Waals surface area contributed by atoms with Crippen LogP contribution in [0.2, 0.25) is 10.0 Å². The van der Waals surface area contributed by atoms with Crippen molar-refractivity contribution in [1.29, 1.82) is 0 Å². The van der Waals surface area contributed by atoms with Crippen molar-refractivity contribution in [1.82, 2.24) is 19.6 Å². The van der Waals surface area contributed by atoms with Crippen LogP contribution >= 0.6 is 23.2 Å². The SMILES string of the molecule is Cc1ccc(C(c2c(C)[nH]n(-c3ccccc3Cl)c2=O)c2c(C)[nH]n(-c3ccccc3Cl)c2=O)cc1. The maximum absolute atomic E-state index is 13.9. The minimum atomic E-state index is -0.620. The summed E-state index contributed by atoms with van der Waals surface area (Å²) >= 11 is 12.8. The van der Waals surface area contributed by atoms with Gasteiger partial charge in [0, 0.05) is 17.3 Å². The van der Waals surface area contributed by atoms with E-state index in [1.54, 1.807) is 24.3 Å². The molecule has 3 aromatic carbocycles. The lowest BCUT2D eigenvalue weighted by molar-refractivity contribution is 0.831. The zero-order valence-corrected chi connectivity index (χ0v) is 21.5. The largest absolute Gasteiger partial charge is 0.295 e. The lowest BCUT2D eigenvalue weighted by Gasteiger charge is -2.16. The second-order valence-corrected chi connectivity index (χ2v) is 9.64. The fraction of sp³-hybridized carbons (Fsp3) is 0.143. The van der Waals surface area contributed by atoms with E-state index in [0.717, 1.165) is 11.1 Å². The molecular formula is C28H24Cl2N4O2. The van der Waals surface area contributed by atoms with E-state index < -0.39 is 5.92 Å². The zero-order chi connectivity index (χ0) is 25.6. The van der Waals surface area contributed by atoms with Gasteiger partial charge in [-0.1, -0.05) is 77.3 Å². The Morgan fingerprint density at radius 2 is 1.06 bits per heavy atom. The first kappa shape index (κ1) is 24.0. The predicted molar refractivity (Wildman–Crippen MR) is 144 cm³/mol. The highest BCUT2D eigenvalue weighted by atomic mass is 35.5. The minimum Gasteiger partial charge on any atom is -0.295 e. The van der Waals surface area contributed by atoms with E-state index in [-0.39, 0.29) is 11.1 Å². The molecule has 0 spiro atoms. The lowest BCUT2D eigenvalue weighted by atomic mass is 9.85. The van der Waals surface area contributed by atoms with Crippen molar-refractivity contribution >= 4 is 23.2 Å². The molecule has 0 bridgehead atoms. The number of aromatic amines is 2. The van der Waals surface area contributed by atoms with Crippen molar-refractivity contribution < 1.29 is 0 Å². The van der Waals surface area contributed by atoms with Crippen LogP contribution in [0.25, 0.3) is 11.4 Å². The Labute approximate surface area is 217 Å². The highest BCUT2D eigenvalue weighted by Crippen LogP contribution is 2.33. The number of rotatable bonds is 5. The van der Waals surface area contributed by atoms with Crippen molar-refractivity contribution in [2.24, 2.45) is 0 Å². The standard InChI is InChI=1S/C28H24Cl2N4O2/c1-16-12-14-19(15-13-16)26(24-17(2)31-33(27(24)35)22-10-6-4-8-20(22)29)25-18(3)32-34(28(25)36)23-11-7-5-9-21(23)30/h4-15,26,31-32H,1-3H3. The molecule has 2 heterocycles. The molecule has 0 saturated carbocycles. The quantitative estimate of drug-likeness (QED) is 0.296. The zero-order valence-electron chi connectivity index (χ0n) is 20.0. The number of benzene rings is 3.